The third-order valence-corrected chi connectivity index (χ3v) is 6.91. The van der Waals surface area contributed by atoms with E-state index in [0.717, 1.165) is 24.2 Å². The minimum Gasteiger partial charge on any atom is -0.335 e. The number of hydrogen-bond donors (Lipinski definition) is 3. The van der Waals surface area contributed by atoms with Gasteiger partial charge in [0.05, 0.1) is 5.75 Å². The number of hydrogen-bond acceptors (Lipinski definition) is 7. The predicted molar refractivity (Wildman–Crippen MR) is 144 cm³/mol. The van der Waals surface area contributed by atoms with Gasteiger partial charge in [0.1, 0.15) is 5.82 Å². The second kappa shape index (κ2) is 11.4. The molecule has 3 aromatic rings. The quantitative estimate of drug-likeness (QED) is 0.393. The molecule has 0 atom stereocenters. The largest absolute Gasteiger partial charge is 0.335 e. The molecule has 2 amide bonds. The first-order valence-electron chi connectivity index (χ1n) is 12.0. The van der Waals surface area contributed by atoms with Crippen LogP contribution in [0.3, 0.4) is 0 Å². The predicted octanol–water partition coefficient (Wildman–Crippen LogP) is 4.99. The van der Waals surface area contributed by atoms with Crippen LogP contribution in [0.25, 0.3) is 0 Å². The summed E-state index contributed by atoms with van der Waals surface area (Å²) in [5.41, 5.74) is 3.02. The van der Waals surface area contributed by atoms with Gasteiger partial charge in [-0.15, -0.1) is 0 Å². The number of urea groups is 1. The Morgan fingerprint density at radius 2 is 1.78 bits per heavy atom. The zero-order valence-corrected chi connectivity index (χ0v) is 21.4. The van der Waals surface area contributed by atoms with Crippen molar-refractivity contribution in [1.29, 1.82) is 0 Å². The van der Waals surface area contributed by atoms with Crippen molar-refractivity contribution in [2.75, 3.05) is 28.8 Å². The van der Waals surface area contributed by atoms with Gasteiger partial charge in [0, 0.05) is 42.6 Å². The topological polar surface area (TPSA) is 116 Å². The molecule has 9 nitrogen and oxygen atoms in total. The average molecular weight is 509 g/mol. The molecule has 0 bridgehead atoms. The third kappa shape index (κ3) is 7.42. The number of nitrogens with zero attached hydrogens (tertiary/aromatic N) is 3. The monoisotopic (exact) mass is 508 g/mol. The first-order valence-corrected chi connectivity index (χ1v) is 14.1. The maximum absolute atomic E-state index is 12.3. The number of benzene rings is 2. The van der Waals surface area contributed by atoms with Gasteiger partial charge < -0.3 is 20.9 Å². The van der Waals surface area contributed by atoms with E-state index in [0.29, 0.717) is 23.0 Å². The smallest absolute Gasteiger partial charge is 0.319 e. The number of amides is 2. The van der Waals surface area contributed by atoms with Crippen LogP contribution in [-0.4, -0.2) is 43.8 Å². The molecule has 0 saturated heterocycles. The van der Waals surface area contributed by atoms with Crippen LogP contribution in [0, 0.1) is 0 Å². The lowest BCUT2D eigenvalue weighted by molar-refractivity contribution is 0.244. The number of anilines is 5. The number of sulfone groups is 1. The van der Waals surface area contributed by atoms with Crippen molar-refractivity contribution in [3.05, 3.63) is 66.4 Å². The first kappa shape index (κ1) is 25.4. The molecule has 190 valence electrons. The van der Waals surface area contributed by atoms with Crippen LogP contribution in [0.1, 0.15) is 37.7 Å². The molecule has 1 aromatic heterocycles. The number of rotatable bonds is 8. The van der Waals surface area contributed by atoms with E-state index in [1.54, 1.807) is 30.5 Å². The van der Waals surface area contributed by atoms with Crippen molar-refractivity contribution >= 4 is 44.7 Å². The molecule has 1 saturated carbocycles. The van der Waals surface area contributed by atoms with Crippen LogP contribution < -0.4 is 20.9 Å². The molecule has 0 aliphatic heterocycles. The molecular weight excluding hydrogens is 476 g/mol. The molecule has 3 N–H and O–H groups in total. The van der Waals surface area contributed by atoms with Gasteiger partial charge >= 0.3 is 6.03 Å². The highest BCUT2D eigenvalue weighted by atomic mass is 32.2. The zero-order valence-electron chi connectivity index (χ0n) is 20.6. The van der Waals surface area contributed by atoms with Crippen LogP contribution in [0.2, 0.25) is 0 Å². The Hall–Kier alpha value is -3.66. The van der Waals surface area contributed by atoms with E-state index < -0.39 is 9.84 Å². The first-order chi connectivity index (χ1) is 17.2. The van der Waals surface area contributed by atoms with Gasteiger partial charge in [-0.25, -0.2) is 18.2 Å². The van der Waals surface area contributed by atoms with Gasteiger partial charge in [-0.1, -0.05) is 31.4 Å². The molecule has 0 unspecified atom stereocenters. The molecule has 10 heteroatoms. The van der Waals surface area contributed by atoms with Crippen LogP contribution >= 0.6 is 0 Å². The molecule has 0 spiro atoms. The molecule has 2 aromatic carbocycles. The summed E-state index contributed by atoms with van der Waals surface area (Å²) in [7, 11) is -1.22. The third-order valence-electron chi connectivity index (χ3n) is 6.05. The van der Waals surface area contributed by atoms with Crippen molar-refractivity contribution in [2.45, 2.75) is 43.9 Å². The Bertz CT molecular complexity index is 1290. The number of nitrogens with one attached hydrogen (secondary N) is 3. The Balaban J connectivity index is 1.38. The van der Waals surface area contributed by atoms with Crippen LogP contribution in [-0.2, 0) is 15.6 Å². The van der Waals surface area contributed by atoms with Gasteiger partial charge in [-0.05, 0) is 60.9 Å². The summed E-state index contributed by atoms with van der Waals surface area (Å²) >= 11 is 0. The summed E-state index contributed by atoms with van der Waals surface area (Å²) in [5, 5.41) is 9.11. The number of aromatic nitrogens is 2. The molecule has 4 rings (SSSR count). The standard InChI is InChI=1S/C26H32N6O3S/c1-32(23-13-11-21(12-14-23)30-26(33)29-20-8-4-3-5-9-20)24-15-16-27-25(31-24)28-22-10-6-7-19(17-22)18-36(2,34)35/h6-7,10-17,20H,3-5,8-9,18H2,1-2H3,(H,27,28,31)(H2,29,30,33). The summed E-state index contributed by atoms with van der Waals surface area (Å²) < 4.78 is 23.2. The minimum atomic E-state index is -3.12. The molecular formula is C26H32N6O3S. The van der Waals surface area contributed by atoms with Crippen molar-refractivity contribution < 1.29 is 13.2 Å². The molecule has 1 heterocycles. The highest BCUT2D eigenvalue weighted by Gasteiger charge is 2.16. The van der Waals surface area contributed by atoms with Gasteiger partial charge in [-0.3, -0.25) is 0 Å². The van der Waals surface area contributed by atoms with Crippen LogP contribution in [0.4, 0.5) is 33.6 Å². The second-order valence-electron chi connectivity index (χ2n) is 9.17. The maximum Gasteiger partial charge on any atom is 0.319 e. The molecule has 1 aliphatic carbocycles. The van der Waals surface area contributed by atoms with Gasteiger partial charge in [0.25, 0.3) is 0 Å². The number of carbonyl (C=O) groups is 1. The molecule has 1 fully saturated rings. The summed E-state index contributed by atoms with van der Waals surface area (Å²) in [6, 6.07) is 16.6. The van der Waals surface area contributed by atoms with E-state index in [-0.39, 0.29) is 17.8 Å². The fraction of sp³-hybridized carbons (Fsp3) is 0.346. The van der Waals surface area contributed by atoms with Gasteiger partial charge in [-0.2, -0.15) is 4.98 Å². The van der Waals surface area contributed by atoms with E-state index in [9.17, 15) is 13.2 Å². The van der Waals surface area contributed by atoms with E-state index in [1.807, 2.05) is 42.3 Å². The lowest BCUT2D eigenvalue weighted by Gasteiger charge is -2.23. The van der Waals surface area contributed by atoms with Crippen molar-refractivity contribution in [3.8, 4) is 0 Å². The SMILES string of the molecule is CN(c1ccc(NC(=O)NC2CCCCC2)cc1)c1ccnc(Nc2cccc(CS(C)(=O)=O)c2)n1. The minimum absolute atomic E-state index is 0.0285. The highest BCUT2D eigenvalue weighted by molar-refractivity contribution is 7.89. The van der Waals surface area contributed by atoms with E-state index >= 15 is 0 Å². The molecule has 1 aliphatic rings. The summed E-state index contributed by atoms with van der Waals surface area (Å²) in [4.78, 5) is 23.1. The fourth-order valence-electron chi connectivity index (χ4n) is 4.27. The van der Waals surface area contributed by atoms with E-state index in [2.05, 4.69) is 25.9 Å². The van der Waals surface area contributed by atoms with Gasteiger partial charge in [0.2, 0.25) is 5.95 Å². The summed E-state index contributed by atoms with van der Waals surface area (Å²) in [6.45, 7) is 0. The van der Waals surface area contributed by atoms with E-state index in [4.69, 9.17) is 0 Å². The van der Waals surface area contributed by atoms with Crippen molar-refractivity contribution in [2.24, 2.45) is 0 Å². The average Bonchev–Trinajstić information content (AvgIpc) is 2.84. The summed E-state index contributed by atoms with van der Waals surface area (Å²) in [5.74, 6) is 1.04. The van der Waals surface area contributed by atoms with Crippen LogP contribution in [0.5, 0.6) is 0 Å². The second-order valence-corrected chi connectivity index (χ2v) is 11.3. The lowest BCUT2D eigenvalue weighted by atomic mass is 9.96. The van der Waals surface area contributed by atoms with Gasteiger partial charge in [0.15, 0.2) is 9.84 Å². The number of carbonyl (C=O) groups excluding carboxylic acids is 1. The van der Waals surface area contributed by atoms with Crippen molar-refractivity contribution in [3.63, 3.8) is 0 Å². The maximum atomic E-state index is 12.3. The zero-order chi connectivity index (χ0) is 25.5. The Morgan fingerprint density at radius 1 is 1.03 bits per heavy atom. The Kier molecular flexibility index (Phi) is 8.04. The lowest BCUT2D eigenvalue weighted by Crippen LogP contribution is -2.39. The Labute approximate surface area is 212 Å². The van der Waals surface area contributed by atoms with Crippen molar-refractivity contribution in [1.82, 2.24) is 15.3 Å². The fourth-order valence-corrected chi connectivity index (χ4v) is 5.05. The normalized spacial score (nSPS) is 14.2. The van der Waals surface area contributed by atoms with E-state index in [1.165, 1.54) is 25.5 Å². The van der Waals surface area contributed by atoms with Crippen LogP contribution in [0.15, 0.2) is 60.8 Å². The Morgan fingerprint density at radius 3 is 2.50 bits per heavy atom. The highest BCUT2D eigenvalue weighted by Crippen LogP contribution is 2.25. The molecule has 0 radical (unpaired) electrons. The molecule has 36 heavy (non-hydrogen) atoms. The summed E-state index contributed by atoms with van der Waals surface area (Å²) in [6.07, 6.45) is 8.54.